The second-order valence-corrected chi connectivity index (χ2v) is 4.62. The summed E-state index contributed by atoms with van der Waals surface area (Å²) in [5.41, 5.74) is 5.76. The summed E-state index contributed by atoms with van der Waals surface area (Å²) in [5.74, 6) is -0.119. The molecule has 0 saturated heterocycles. The molecule has 0 saturated carbocycles. The molecule has 2 heterocycles. The third-order valence-electron chi connectivity index (χ3n) is 2.27. The largest absolute Gasteiger partial charge is 0.381 e. The van der Waals surface area contributed by atoms with Gasteiger partial charge in [-0.05, 0) is 25.5 Å². The summed E-state index contributed by atoms with van der Waals surface area (Å²) < 4.78 is 13.3. The van der Waals surface area contributed by atoms with Crippen LogP contribution in [0.3, 0.4) is 0 Å². The molecule has 5 heteroatoms. The van der Waals surface area contributed by atoms with E-state index in [2.05, 4.69) is 16.9 Å². The van der Waals surface area contributed by atoms with E-state index in [0.717, 1.165) is 11.3 Å². The summed E-state index contributed by atoms with van der Waals surface area (Å²) in [4.78, 5) is 10.2. The highest BCUT2D eigenvalue weighted by molar-refractivity contribution is 7.15. The van der Waals surface area contributed by atoms with Gasteiger partial charge < -0.3 is 5.73 Å². The van der Waals surface area contributed by atoms with Crippen molar-refractivity contribution in [3.05, 3.63) is 28.5 Å². The number of rotatable bonds is 2. The molecule has 0 unspecified atom stereocenters. The standard InChI is InChI=1S/C11H12FN3S/c1-3-7-4-5-8(16-7)11-14-6(2)9(12)10(13)15-11/h4-5H,3H2,1-2H3,(H2,13,14,15). The second kappa shape index (κ2) is 4.17. The van der Waals surface area contributed by atoms with Crippen molar-refractivity contribution in [3.63, 3.8) is 0 Å². The first-order valence-corrected chi connectivity index (χ1v) is 5.82. The topological polar surface area (TPSA) is 51.8 Å². The molecule has 0 amide bonds. The van der Waals surface area contributed by atoms with Crippen molar-refractivity contribution in [1.82, 2.24) is 9.97 Å². The van der Waals surface area contributed by atoms with Crippen molar-refractivity contribution in [2.45, 2.75) is 20.3 Å². The molecular weight excluding hydrogens is 225 g/mol. The Morgan fingerprint density at radius 1 is 1.38 bits per heavy atom. The number of aromatic nitrogens is 2. The van der Waals surface area contributed by atoms with Gasteiger partial charge in [-0.2, -0.15) is 0 Å². The molecule has 0 aliphatic carbocycles. The molecule has 2 aromatic rings. The lowest BCUT2D eigenvalue weighted by molar-refractivity contribution is 0.608. The SMILES string of the molecule is CCc1ccc(-c2nc(C)c(F)c(N)n2)s1. The van der Waals surface area contributed by atoms with E-state index < -0.39 is 5.82 Å². The average Bonchev–Trinajstić information content (AvgIpc) is 2.73. The zero-order chi connectivity index (χ0) is 11.7. The predicted molar refractivity (Wildman–Crippen MR) is 63.8 cm³/mol. The maximum atomic E-state index is 13.3. The van der Waals surface area contributed by atoms with Gasteiger partial charge in [-0.25, -0.2) is 14.4 Å². The molecule has 0 aliphatic rings. The van der Waals surface area contributed by atoms with Crippen LogP contribution < -0.4 is 5.73 Å². The average molecular weight is 237 g/mol. The van der Waals surface area contributed by atoms with Crippen molar-refractivity contribution < 1.29 is 4.39 Å². The third kappa shape index (κ3) is 1.90. The van der Waals surface area contributed by atoms with Crippen LogP contribution in [0.5, 0.6) is 0 Å². The number of aryl methyl sites for hydroxylation is 2. The number of hydrogen-bond acceptors (Lipinski definition) is 4. The van der Waals surface area contributed by atoms with E-state index in [9.17, 15) is 4.39 Å². The van der Waals surface area contributed by atoms with Crippen LogP contribution in [-0.2, 0) is 6.42 Å². The summed E-state index contributed by atoms with van der Waals surface area (Å²) in [6.45, 7) is 3.67. The number of halogens is 1. The van der Waals surface area contributed by atoms with Gasteiger partial charge in [0.2, 0.25) is 0 Å². The lowest BCUT2D eigenvalue weighted by atomic mass is 10.3. The van der Waals surface area contributed by atoms with Crippen molar-refractivity contribution in [3.8, 4) is 10.7 Å². The Hall–Kier alpha value is -1.49. The fourth-order valence-electron chi connectivity index (χ4n) is 1.38. The number of anilines is 1. The van der Waals surface area contributed by atoms with E-state index in [1.165, 1.54) is 4.88 Å². The van der Waals surface area contributed by atoms with Crippen LogP contribution in [-0.4, -0.2) is 9.97 Å². The zero-order valence-electron chi connectivity index (χ0n) is 9.12. The second-order valence-electron chi connectivity index (χ2n) is 3.45. The van der Waals surface area contributed by atoms with Gasteiger partial charge in [0.1, 0.15) is 0 Å². The molecule has 0 bridgehead atoms. The smallest absolute Gasteiger partial charge is 0.186 e. The summed E-state index contributed by atoms with van der Waals surface area (Å²) in [6.07, 6.45) is 0.973. The molecule has 2 aromatic heterocycles. The Balaban J connectivity index is 2.48. The van der Waals surface area contributed by atoms with Gasteiger partial charge in [-0.3, -0.25) is 0 Å². The van der Waals surface area contributed by atoms with Crippen molar-refractivity contribution in [2.24, 2.45) is 0 Å². The number of nitrogen functional groups attached to an aromatic ring is 1. The van der Waals surface area contributed by atoms with Gasteiger partial charge in [-0.1, -0.05) is 6.92 Å². The van der Waals surface area contributed by atoms with Crippen LogP contribution in [0.1, 0.15) is 17.5 Å². The third-order valence-corrected chi connectivity index (χ3v) is 3.50. The summed E-state index contributed by atoms with van der Waals surface area (Å²) in [6, 6.07) is 3.97. The van der Waals surface area contributed by atoms with Crippen LogP contribution >= 0.6 is 11.3 Å². The molecule has 0 radical (unpaired) electrons. The first kappa shape index (κ1) is 11.0. The quantitative estimate of drug-likeness (QED) is 0.873. The maximum absolute atomic E-state index is 13.3. The van der Waals surface area contributed by atoms with Crippen molar-refractivity contribution in [1.29, 1.82) is 0 Å². The highest BCUT2D eigenvalue weighted by Gasteiger charge is 2.11. The molecular formula is C11H12FN3S. The zero-order valence-corrected chi connectivity index (χ0v) is 9.94. The molecule has 0 aromatic carbocycles. The minimum absolute atomic E-state index is 0.0889. The number of thiophene rings is 1. The Bertz CT molecular complexity index is 499. The van der Waals surface area contributed by atoms with E-state index in [1.54, 1.807) is 18.3 Å². The summed E-state index contributed by atoms with van der Waals surface area (Å²) >= 11 is 1.61. The fraction of sp³-hybridized carbons (Fsp3) is 0.273. The Kier molecular flexibility index (Phi) is 2.87. The van der Waals surface area contributed by atoms with Gasteiger partial charge in [0.15, 0.2) is 17.5 Å². The summed E-state index contributed by atoms with van der Waals surface area (Å²) in [5, 5.41) is 0. The van der Waals surface area contributed by atoms with Crippen molar-refractivity contribution in [2.75, 3.05) is 5.73 Å². The molecule has 0 spiro atoms. The van der Waals surface area contributed by atoms with Crippen LogP contribution in [0.2, 0.25) is 0 Å². The van der Waals surface area contributed by atoms with E-state index in [4.69, 9.17) is 5.73 Å². The van der Waals surface area contributed by atoms with Crippen LogP contribution in [0, 0.1) is 12.7 Å². The molecule has 84 valence electrons. The van der Waals surface area contributed by atoms with E-state index in [1.807, 2.05) is 12.1 Å². The Morgan fingerprint density at radius 3 is 2.69 bits per heavy atom. The van der Waals surface area contributed by atoms with Crippen molar-refractivity contribution >= 4 is 17.2 Å². The number of hydrogen-bond donors (Lipinski definition) is 1. The van der Waals surface area contributed by atoms with Gasteiger partial charge in [0, 0.05) is 4.88 Å². The Labute approximate surface area is 97.2 Å². The van der Waals surface area contributed by atoms with Gasteiger partial charge in [0.25, 0.3) is 0 Å². The highest BCUT2D eigenvalue weighted by atomic mass is 32.1. The fourth-order valence-corrected chi connectivity index (χ4v) is 2.26. The van der Waals surface area contributed by atoms with Gasteiger partial charge in [-0.15, -0.1) is 11.3 Å². The Morgan fingerprint density at radius 2 is 2.12 bits per heavy atom. The first-order chi connectivity index (χ1) is 7.61. The van der Waals surface area contributed by atoms with E-state index >= 15 is 0 Å². The highest BCUT2D eigenvalue weighted by Crippen LogP contribution is 2.27. The molecule has 2 N–H and O–H groups in total. The molecule has 2 rings (SSSR count). The van der Waals surface area contributed by atoms with E-state index in [0.29, 0.717) is 5.82 Å². The van der Waals surface area contributed by atoms with Gasteiger partial charge in [0.05, 0.1) is 10.6 Å². The molecule has 0 atom stereocenters. The van der Waals surface area contributed by atoms with Crippen LogP contribution in [0.4, 0.5) is 10.2 Å². The lowest BCUT2D eigenvalue weighted by Crippen LogP contribution is -2.02. The number of nitrogens with zero attached hydrogens (tertiary/aromatic N) is 2. The minimum Gasteiger partial charge on any atom is -0.381 e. The predicted octanol–water partition coefficient (Wildman–Crippen LogP) is 2.80. The molecule has 16 heavy (non-hydrogen) atoms. The summed E-state index contributed by atoms with van der Waals surface area (Å²) in [7, 11) is 0. The maximum Gasteiger partial charge on any atom is 0.186 e. The lowest BCUT2D eigenvalue weighted by Gasteiger charge is -2.02. The minimum atomic E-state index is -0.531. The van der Waals surface area contributed by atoms with E-state index in [-0.39, 0.29) is 11.5 Å². The first-order valence-electron chi connectivity index (χ1n) is 5.00. The molecule has 3 nitrogen and oxygen atoms in total. The normalized spacial score (nSPS) is 10.7. The molecule has 0 fully saturated rings. The van der Waals surface area contributed by atoms with Gasteiger partial charge >= 0.3 is 0 Å². The van der Waals surface area contributed by atoms with Crippen LogP contribution in [0.25, 0.3) is 10.7 Å². The number of nitrogens with two attached hydrogens (primary N) is 1. The van der Waals surface area contributed by atoms with Crippen LogP contribution in [0.15, 0.2) is 12.1 Å². The molecule has 0 aliphatic heterocycles. The monoisotopic (exact) mass is 237 g/mol.